The smallest absolute Gasteiger partial charge is 0.298 e. The molecule has 20 heavy (non-hydrogen) atoms. The zero-order valence-electron chi connectivity index (χ0n) is 11.7. The standard InChI is InChI=1S/C8H14O.C6H6O4S/c1-7(2)5-9-6-8(3)4;7-5-3-1-2-4-6(5)11(8,9)10/h1,3,5-6H2,2,4H3;1-4,7H,(H,8,9,10). The van der Waals surface area contributed by atoms with Crippen molar-refractivity contribution < 1.29 is 22.8 Å². The molecule has 0 unspecified atom stereocenters. The summed E-state index contributed by atoms with van der Waals surface area (Å²) in [6.45, 7) is 12.6. The van der Waals surface area contributed by atoms with Crippen LogP contribution in [-0.2, 0) is 14.9 Å². The number of phenols is 1. The van der Waals surface area contributed by atoms with Crippen LogP contribution in [0.2, 0.25) is 0 Å². The van der Waals surface area contributed by atoms with Gasteiger partial charge in [0.2, 0.25) is 0 Å². The van der Waals surface area contributed by atoms with Gasteiger partial charge in [-0.3, -0.25) is 4.55 Å². The van der Waals surface area contributed by atoms with Crippen LogP contribution in [0.4, 0.5) is 0 Å². The molecule has 6 heteroatoms. The SMILES string of the molecule is C=C(C)COCC(=C)C.O=S(=O)(O)c1ccccc1O. The average Bonchev–Trinajstić information content (AvgIpc) is 2.27. The molecule has 0 saturated heterocycles. The van der Waals surface area contributed by atoms with Crippen LogP contribution in [0.5, 0.6) is 5.75 Å². The Morgan fingerprint density at radius 1 is 1.15 bits per heavy atom. The van der Waals surface area contributed by atoms with Crippen LogP contribution in [-0.4, -0.2) is 31.3 Å². The van der Waals surface area contributed by atoms with E-state index in [2.05, 4.69) is 13.2 Å². The number of phenolic OH excluding ortho intramolecular Hbond substituents is 1. The molecule has 0 heterocycles. The molecule has 112 valence electrons. The maximum Gasteiger partial charge on any atom is 0.298 e. The molecule has 0 aromatic heterocycles. The van der Waals surface area contributed by atoms with Gasteiger partial charge in [0.25, 0.3) is 10.1 Å². The first-order valence-electron chi connectivity index (χ1n) is 5.76. The fraction of sp³-hybridized carbons (Fsp3) is 0.286. The Bertz CT molecular complexity index is 547. The third kappa shape index (κ3) is 8.47. The van der Waals surface area contributed by atoms with Crippen LogP contribution in [0.25, 0.3) is 0 Å². The molecular weight excluding hydrogens is 280 g/mol. The van der Waals surface area contributed by atoms with Gasteiger partial charge in [0.15, 0.2) is 0 Å². The van der Waals surface area contributed by atoms with Gasteiger partial charge in [0.1, 0.15) is 10.6 Å². The predicted molar refractivity (Wildman–Crippen MR) is 78.4 cm³/mol. The van der Waals surface area contributed by atoms with Crippen molar-refractivity contribution in [1.82, 2.24) is 0 Å². The van der Waals surface area contributed by atoms with Crippen LogP contribution in [0.3, 0.4) is 0 Å². The van der Waals surface area contributed by atoms with Crippen molar-refractivity contribution in [2.45, 2.75) is 18.7 Å². The Labute approximate surface area is 120 Å². The van der Waals surface area contributed by atoms with Gasteiger partial charge in [-0.2, -0.15) is 8.42 Å². The summed E-state index contributed by atoms with van der Waals surface area (Å²) in [6, 6.07) is 5.17. The normalized spacial score (nSPS) is 10.3. The first-order valence-corrected chi connectivity index (χ1v) is 7.20. The van der Waals surface area contributed by atoms with Crippen LogP contribution in [0, 0.1) is 0 Å². The molecule has 0 saturated carbocycles. The highest BCUT2D eigenvalue weighted by Gasteiger charge is 2.12. The van der Waals surface area contributed by atoms with Crippen LogP contribution in [0.1, 0.15) is 13.8 Å². The molecule has 0 aliphatic rings. The van der Waals surface area contributed by atoms with Gasteiger partial charge in [-0.15, -0.1) is 0 Å². The average molecular weight is 300 g/mol. The van der Waals surface area contributed by atoms with Crippen molar-refractivity contribution in [3.63, 3.8) is 0 Å². The lowest BCUT2D eigenvalue weighted by atomic mass is 10.3. The third-order valence-corrected chi connectivity index (χ3v) is 2.74. The lowest BCUT2D eigenvalue weighted by Crippen LogP contribution is -1.97. The minimum Gasteiger partial charge on any atom is -0.506 e. The molecule has 0 fully saturated rings. The number of para-hydroxylation sites is 1. The maximum atomic E-state index is 10.4. The largest absolute Gasteiger partial charge is 0.506 e. The van der Waals surface area contributed by atoms with Gasteiger partial charge in [0.05, 0.1) is 13.2 Å². The first kappa shape index (κ1) is 18.4. The molecule has 0 aliphatic heterocycles. The number of ether oxygens (including phenoxy) is 1. The Morgan fingerprint density at radius 2 is 1.60 bits per heavy atom. The molecule has 1 aromatic carbocycles. The summed E-state index contributed by atoms with van der Waals surface area (Å²) in [7, 11) is -4.28. The number of aromatic hydroxyl groups is 1. The molecule has 2 N–H and O–H groups in total. The number of hydrogen-bond acceptors (Lipinski definition) is 4. The van der Waals surface area contributed by atoms with E-state index in [1.807, 2.05) is 13.8 Å². The molecular formula is C14H20O5S. The van der Waals surface area contributed by atoms with Gasteiger partial charge in [-0.25, -0.2) is 0 Å². The Balaban J connectivity index is 0.000000370. The van der Waals surface area contributed by atoms with E-state index in [1.54, 1.807) is 0 Å². The summed E-state index contributed by atoms with van der Waals surface area (Å²) in [5.41, 5.74) is 2.10. The van der Waals surface area contributed by atoms with Crippen molar-refractivity contribution in [1.29, 1.82) is 0 Å². The highest BCUT2D eigenvalue weighted by molar-refractivity contribution is 7.86. The number of rotatable bonds is 5. The molecule has 1 rings (SSSR count). The van der Waals surface area contributed by atoms with Crippen molar-refractivity contribution in [3.05, 3.63) is 48.6 Å². The fourth-order valence-electron chi connectivity index (χ4n) is 1.07. The highest BCUT2D eigenvalue weighted by Crippen LogP contribution is 2.20. The zero-order valence-corrected chi connectivity index (χ0v) is 12.5. The minimum atomic E-state index is -4.28. The topological polar surface area (TPSA) is 83.8 Å². The van der Waals surface area contributed by atoms with E-state index < -0.39 is 20.8 Å². The summed E-state index contributed by atoms with van der Waals surface area (Å²) in [4.78, 5) is -0.472. The fourth-order valence-corrected chi connectivity index (χ4v) is 1.66. The van der Waals surface area contributed by atoms with Crippen molar-refractivity contribution in [2.24, 2.45) is 0 Å². The van der Waals surface area contributed by atoms with Gasteiger partial charge >= 0.3 is 0 Å². The van der Waals surface area contributed by atoms with Crippen molar-refractivity contribution in [3.8, 4) is 5.75 Å². The second-order valence-corrected chi connectivity index (χ2v) is 5.74. The summed E-state index contributed by atoms with van der Waals surface area (Å²) >= 11 is 0. The second-order valence-electron chi connectivity index (χ2n) is 4.35. The van der Waals surface area contributed by atoms with Crippen molar-refractivity contribution >= 4 is 10.1 Å². The van der Waals surface area contributed by atoms with E-state index >= 15 is 0 Å². The van der Waals surface area contributed by atoms with Gasteiger partial charge in [-0.05, 0) is 26.0 Å². The molecule has 0 amide bonds. The zero-order chi connectivity index (χ0) is 15.8. The van der Waals surface area contributed by atoms with Crippen LogP contribution in [0.15, 0.2) is 53.5 Å². The van der Waals surface area contributed by atoms with E-state index in [4.69, 9.17) is 14.4 Å². The van der Waals surface area contributed by atoms with E-state index in [9.17, 15) is 8.42 Å². The summed E-state index contributed by atoms with van der Waals surface area (Å²) in [5.74, 6) is -0.449. The summed E-state index contributed by atoms with van der Waals surface area (Å²) < 4.78 is 34.5. The molecule has 0 atom stereocenters. The molecule has 1 aromatic rings. The minimum absolute atomic E-state index is 0.449. The second kappa shape index (κ2) is 8.52. The van der Waals surface area contributed by atoms with Gasteiger partial charge < -0.3 is 9.84 Å². The molecule has 5 nitrogen and oxygen atoms in total. The highest BCUT2D eigenvalue weighted by atomic mass is 32.2. The summed E-state index contributed by atoms with van der Waals surface area (Å²) in [6.07, 6.45) is 0. The Morgan fingerprint density at radius 3 is 1.90 bits per heavy atom. The molecule has 0 radical (unpaired) electrons. The predicted octanol–water partition coefficient (Wildman–Crippen LogP) is 2.79. The lowest BCUT2D eigenvalue weighted by Gasteiger charge is -2.00. The van der Waals surface area contributed by atoms with E-state index in [0.29, 0.717) is 13.2 Å². The van der Waals surface area contributed by atoms with Crippen LogP contribution < -0.4 is 0 Å². The molecule has 0 spiro atoms. The molecule has 0 aliphatic carbocycles. The first-order chi connectivity index (χ1) is 9.14. The monoisotopic (exact) mass is 300 g/mol. The maximum absolute atomic E-state index is 10.4. The van der Waals surface area contributed by atoms with Gasteiger partial charge in [0, 0.05) is 0 Å². The Hall–Kier alpha value is -1.63. The van der Waals surface area contributed by atoms with E-state index in [-0.39, 0.29) is 0 Å². The Kier molecular flexibility index (Phi) is 7.83. The number of hydrogen-bond donors (Lipinski definition) is 2. The summed E-state index contributed by atoms with van der Waals surface area (Å²) in [5, 5.41) is 8.91. The number of benzene rings is 1. The van der Waals surface area contributed by atoms with Crippen molar-refractivity contribution in [2.75, 3.05) is 13.2 Å². The van der Waals surface area contributed by atoms with E-state index in [0.717, 1.165) is 17.2 Å². The van der Waals surface area contributed by atoms with E-state index in [1.165, 1.54) is 18.2 Å². The van der Waals surface area contributed by atoms with Gasteiger partial charge in [-0.1, -0.05) is 36.4 Å². The lowest BCUT2D eigenvalue weighted by molar-refractivity contribution is 0.180. The van der Waals surface area contributed by atoms with Crippen LogP contribution >= 0.6 is 0 Å². The molecule has 0 bridgehead atoms. The third-order valence-electron chi connectivity index (χ3n) is 1.84. The quantitative estimate of drug-likeness (QED) is 0.645.